The fourth-order valence-corrected chi connectivity index (χ4v) is 4.36. The predicted octanol–water partition coefficient (Wildman–Crippen LogP) is 2.48. The molecule has 2 N–H and O–H groups in total. The lowest BCUT2D eigenvalue weighted by Crippen LogP contribution is -2.22. The van der Waals surface area contributed by atoms with Crippen molar-refractivity contribution in [2.75, 3.05) is 12.4 Å². The maximum Gasteiger partial charge on any atom is 0.281 e. The Kier molecular flexibility index (Phi) is 5.10. The van der Waals surface area contributed by atoms with E-state index < -0.39 is 56.9 Å². The molecule has 0 saturated carbocycles. The summed E-state index contributed by atoms with van der Waals surface area (Å²) in [6, 6.07) is 6.93. The second-order valence-corrected chi connectivity index (χ2v) is 8.30. The van der Waals surface area contributed by atoms with Crippen molar-refractivity contribution in [3.63, 3.8) is 0 Å². The molecule has 0 radical (unpaired) electrons. The van der Waals surface area contributed by atoms with Crippen LogP contribution in [0, 0.1) is 17.1 Å². The second-order valence-electron chi connectivity index (χ2n) is 6.23. The Hall–Kier alpha value is -2.61. The summed E-state index contributed by atoms with van der Waals surface area (Å²) in [7, 11) is -4.13. The van der Waals surface area contributed by atoms with E-state index in [2.05, 4.69) is 0 Å². The van der Waals surface area contributed by atoms with Crippen LogP contribution in [-0.2, 0) is 16.3 Å². The molecule has 3 rings (SSSR count). The van der Waals surface area contributed by atoms with Crippen molar-refractivity contribution in [1.82, 2.24) is 0 Å². The van der Waals surface area contributed by atoms with Crippen LogP contribution < -0.4 is 4.74 Å². The first-order valence-electron chi connectivity index (χ1n) is 8.03. The van der Waals surface area contributed by atoms with Crippen molar-refractivity contribution >= 4 is 9.84 Å². The summed E-state index contributed by atoms with van der Waals surface area (Å²) in [5.41, 5.74) is -0.800. The molecular formula is C18H14F3NO5S. The van der Waals surface area contributed by atoms with Gasteiger partial charge in [-0.25, -0.2) is 21.6 Å². The molecule has 28 heavy (non-hydrogen) atoms. The smallest absolute Gasteiger partial charge is 0.281 e. The minimum absolute atomic E-state index is 0.0563. The molecular weight excluding hydrogens is 399 g/mol. The first-order valence-corrected chi connectivity index (χ1v) is 9.68. The molecule has 1 aliphatic carbocycles. The van der Waals surface area contributed by atoms with Crippen LogP contribution in [0.4, 0.5) is 13.2 Å². The van der Waals surface area contributed by atoms with Gasteiger partial charge in [0.2, 0.25) is 0 Å². The second kappa shape index (κ2) is 7.09. The molecule has 10 heteroatoms. The summed E-state index contributed by atoms with van der Waals surface area (Å²) < 4.78 is 71.9. The third-order valence-corrected chi connectivity index (χ3v) is 6.03. The van der Waals surface area contributed by atoms with E-state index in [4.69, 9.17) is 15.1 Å². The van der Waals surface area contributed by atoms with Crippen LogP contribution in [0.2, 0.25) is 0 Å². The number of nitriles is 1. The zero-order valence-electron chi connectivity index (χ0n) is 14.2. The van der Waals surface area contributed by atoms with Crippen molar-refractivity contribution in [1.29, 1.82) is 5.26 Å². The number of aliphatic hydroxyl groups excluding tert-OH is 2. The van der Waals surface area contributed by atoms with Crippen LogP contribution in [0.1, 0.15) is 22.8 Å². The average Bonchev–Trinajstić information content (AvgIpc) is 2.85. The molecule has 1 atom stereocenters. The quantitative estimate of drug-likeness (QED) is 0.780. The van der Waals surface area contributed by atoms with Crippen LogP contribution in [0.3, 0.4) is 0 Å². The fourth-order valence-electron chi connectivity index (χ4n) is 3.06. The molecule has 1 unspecified atom stereocenters. The Morgan fingerprint density at radius 3 is 2.64 bits per heavy atom. The summed E-state index contributed by atoms with van der Waals surface area (Å²) in [5, 5.41) is 27.8. The van der Waals surface area contributed by atoms with E-state index in [0.29, 0.717) is 0 Å². The zero-order valence-corrected chi connectivity index (χ0v) is 15.0. The monoisotopic (exact) mass is 413 g/mol. The Bertz CT molecular complexity index is 1080. The Morgan fingerprint density at radius 2 is 2.00 bits per heavy atom. The van der Waals surface area contributed by atoms with Gasteiger partial charge in [-0.15, -0.1) is 0 Å². The molecule has 6 nitrogen and oxygen atoms in total. The number of hydrogen-bond donors (Lipinski definition) is 2. The van der Waals surface area contributed by atoms with Crippen molar-refractivity contribution in [2.24, 2.45) is 0 Å². The lowest BCUT2D eigenvalue weighted by molar-refractivity contribution is -0.0976. The highest BCUT2D eigenvalue weighted by atomic mass is 32.2. The largest absolute Gasteiger partial charge is 0.457 e. The third kappa shape index (κ3) is 3.56. The molecule has 2 aromatic carbocycles. The number of fused-ring (bicyclic) bond motifs is 1. The van der Waals surface area contributed by atoms with E-state index in [1.807, 2.05) is 0 Å². The van der Waals surface area contributed by atoms with Gasteiger partial charge in [-0.1, -0.05) is 0 Å². The minimum atomic E-state index is -4.13. The van der Waals surface area contributed by atoms with Gasteiger partial charge in [-0.3, -0.25) is 0 Å². The molecule has 148 valence electrons. The molecule has 0 aromatic heterocycles. The molecule has 0 heterocycles. The number of sulfone groups is 1. The summed E-state index contributed by atoms with van der Waals surface area (Å²) in [6.45, 7) is -0.720. The molecule has 0 saturated heterocycles. The SMILES string of the molecule is N#Cc1cc(F)cc(Oc2ccc(S(=O)(=O)CCO)c3c2CC(F)(F)C3O)c1. The first kappa shape index (κ1) is 20.1. The predicted molar refractivity (Wildman–Crippen MR) is 90.4 cm³/mol. The highest BCUT2D eigenvalue weighted by molar-refractivity contribution is 7.91. The van der Waals surface area contributed by atoms with Crippen molar-refractivity contribution in [3.8, 4) is 17.6 Å². The molecule has 0 aliphatic heterocycles. The number of halogens is 3. The lowest BCUT2D eigenvalue weighted by atomic mass is 10.1. The highest BCUT2D eigenvalue weighted by Gasteiger charge is 2.50. The Labute approximate surface area is 158 Å². The number of ether oxygens (including phenoxy) is 1. The maximum absolute atomic E-state index is 14.1. The van der Waals surface area contributed by atoms with Crippen molar-refractivity contribution in [3.05, 3.63) is 52.8 Å². The number of nitrogens with zero attached hydrogens (tertiary/aromatic N) is 1. The number of hydrogen-bond acceptors (Lipinski definition) is 6. The molecule has 0 amide bonds. The van der Waals surface area contributed by atoms with Crippen LogP contribution in [0.15, 0.2) is 35.2 Å². The van der Waals surface area contributed by atoms with Gasteiger partial charge < -0.3 is 14.9 Å². The molecule has 0 bridgehead atoms. The average molecular weight is 413 g/mol. The van der Waals surface area contributed by atoms with Gasteiger partial charge in [0.05, 0.1) is 28.9 Å². The van der Waals surface area contributed by atoms with Gasteiger partial charge in [0, 0.05) is 23.6 Å². The van der Waals surface area contributed by atoms with E-state index in [1.165, 1.54) is 6.07 Å². The van der Waals surface area contributed by atoms with Gasteiger partial charge >= 0.3 is 0 Å². The highest BCUT2D eigenvalue weighted by Crippen LogP contribution is 2.49. The summed E-state index contributed by atoms with van der Waals surface area (Å²) >= 11 is 0. The van der Waals surface area contributed by atoms with Gasteiger partial charge in [-0.2, -0.15) is 5.26 Å². The van der Waals surface area contributed by atoms with Gasteiger partial charge in [0.1, 0.15) is 23.4 Å². The maximum atomic E-state index is 14.1. The van der Waals surface area contributed by atoms with Crippen molar-refractivity contribution < 1.29 is 36.5 Å². The van der Waals surface area contributed by atoms with Crippen LogP contribution in [0.5, 0.6) is 11.5 Å². The number of alkyl halides is 2. The topological polar surface area (TPSA) is 108 Å². The minimum Gasteiger partial charge on any atom is -0.457 e. The molecule has 0 fully saturated rings. The number of rotatable bonds is 5. The summed E-state index contributed by atoms with van der Waals surface area (Å²) in [5.74, 6) is -5.45. The third-order valence-electron chi connectivity index (χ3n) is 4.28. The standard InChI is InChI=1S/C18H14F3NO5S/c19-11-5-10(9-22)6-12(7-11)27-14-1-2-15(28(25,26)4-3-23)16-13(14)8-18(20,21)17(16)24/h1-2,5-7,17,23-24H,3-4,8H2. The first-order chi connectivity index (χ1) is 13.1. The normalized spacial score (nSPS) is 17.8. The molecule has 1 aliphatic rings. The van der Waals surface area contributed by atoms with E-state index in [1.54, 1.807) is 6.07 Å². The number of aliphatic hydroxyl groups is 2. The number of benzene rings is 2. The van der Waals surface area contributed by atoms with E-state index in [0.717, 1.165) is 24.3 Å². The van der Waals surface area contributed by atoms with Gasteiger partial charge in [0.15, 0.2) is 9.84 Å². The van der Waals surface area contributed by atoms with Crippen LogP contribution in [0.25, 0.3) is 0 Å². The van der Waals surface area contributed by atoms with E-state index >= 15 is 0 Å². The Balaban J connectivity index is 2.14. The Morgan fingerprint density at radius 1 is 1.29 bits per heavy atom. The van der Waals surface area contributed by atoms with Gasteiger partial charge in [0.25, 0.3) is 5.92 Å². The van der Waals surface area contributed by atoms with Gasteiger partial charge in [-0.05, 0) is 24.3 Å². The summed E-state index contributed by atoms with van der Waals surface area (Å²) in [4.78, 5) is -0.523. The molecule has 2 aromatic rings. The van der Waals surface area contributed by atoms with E-state index in [9.17, 15) is 26.7 Å². The van der Waals surface area contributed by atoms with Crippen molar-refractivity contribution in [2.45, 2.75) is 23.3 Å². The van der Waals surface area contributed by atoms with Crippen LogP contribution >= 0.6 is 0 Å². The van der Waals surface area contributed by atoms with Crippen LogP contribution in [-0.4, -0.2) is 36.9 Å². The zero-order chi connectivity index (χ0) is 20.7. The van der Waals surface area contributed by atoms with E-state index in [-0.39, 0.29) is 22.6 Å². The molecule has 0 spiro atoms. The summed E-state index contributed by atoms with van der Waals surface area (Å²) in [6.07, 6.45) is -3.36. The fraction of sp³-hybridized carbons (Fsp3) is 0.278. The lowest BCUT2D eigenvalue weighted by Gasteiger charge is -2.16.